The molecule has 0 unspecified atom stereocenters. The Morgan fingerprint density at radius 1 is 0.500 bits per heavy atom. The van der Waals surface area contributed by atoms with E-state index < -0.39 is 23.9 Å². The Balaban J connectivity index is 1.99. The first-order valence-corrected chi connectivity index (χ1v) is 11.5. The van der Waals surface area contributed by atoms with Crippen molar-refractivity contribution in [2.24, 2.45) is 0 Å². The molecule has 0 heterocycles. The van der Waals surface area contributed by atoms with E-state index in [-0.39, 0.29) is 56.8 Å². The summed E-state index contributed by atoms with van der Waals surface area (Å²) in [6, 6.07) is 10.8. The number of hydrogen-bond donors (Lipinski definition) is 2. The van der Waals surface area contributed by atoms with Gasteiger partial charge in [-0.15, -0.1) is 0 Å². The molecule has 0 aromatic heterocycles. The maximum atomic E-state index is 11.5. The smallest absolute Gasteiger partial charge is 0.308 e. The van der Waals surface area contributed by atoms with Crippen molar-refractivity contribution in [3.05, 3.63) is 70.8 Å². The number of rotatable bonds is 4. The zero-order valence-electron chi connectivity index (χ0n) is 21.8. The number of carbonyl (C=O) groups is 4. The largest absolute Gasteiger partial charge is 0.507 e. The Kier molecular flexibility index (Phi) is 9.13. The van der Waals surface area contributed by atoms with E-state index in [4.69, 9.17) is 18.9 Å². The van der Waals surface area contributed by atoms with Crippen molar-refractivity contribution >= 4 is 23.9 Å². The van der Waals surface area contributed by atoms with Crippen LogP contribution in [0.4, 0.5) is 0 Å². The molecule has 0 saturated carbocycles. The lowest BCUT2D eigenvalue weighted by atomic mass is 10.1. The molecule has 0 fully saturated rings. The Bertz CT molecular complexity index is 1520. The lowest BCUT2D eigenvalue weighted by molar-refractivity contribution is -0.133. The molecule has 0 atom stereocenters. The number of ether oxygens (including phenoxy) is 4. The van der Waals surface area contributed by atoms with Gasteiger partial charge in [-0.05, 0) is 24.3 Å². The first-order chi connectivity index (χ1) is 18.9. The summed E-state index contributed by atoms with van der Waals surface area (Å²) >= 11 is 0. The Labute approximate surface area is 229 Å². The molecule has 0 aliphatic rings. The molecule has 10 heteroatoms. The van der Waals surface area contributed by atoms with Gasteiger partial charge in [0.25, 0.3) is 0 Å². The number of esters is 4. The van der Waals surface area contributed by atoms with E-state index in [1.165, 1.54) is 76.2 Å². The van der Waals surface area contributed by atoms with Gasteiger partial charge in [0.2, 0.25) is 0 Å². The van der Waals surface area contributed by atoms with Crippen LogP contribution in [-0.4, -0.2) is 34.1 Å². The summed E-state index contributed by atoms with van der Waals surface area (Å²) < 4.78 is 20.3. The Morgan fingerprint density at radius 2 is 0.825 bits per heavy atom. The highest BCUT2D eigenvalue weighted by Gasteiger charge is 2.11. The molecule has 10 nitrogen and oxygen atoms in total. The minimum atomic E-state index is -0.595. The van der Waals surface area contributed by atoms with E-state index in [0.29, 0.717) is 0 Å². The third-order valence-corrected chi connectivity index (χ3v) is 4.71. The van der Waals surface area contributed by atoms with Crippen LogP contribution in [0.5, 0.6) is 34.5 Å². The van der Waals surface area contributed by atoms with Gasteiger partial charge in [-0.1, -0.05) is 23.7 Å². The monoisotopic (exact) mass is 542 g/mol. The summed E-state index contributed by atoms with van der Waals surface area (Å²) in [4.78, 5) is 45.5. The van der Waals surface area contributed by atoms with Gasteiger partial charge in [0.05, 0.1) is 22.3 Å². The van der Waals surface area contributed by atoms with E-state index in [0.717, 1.165) is 0 Å². The number of phenols is 2. The van der Waals surface area contributed by atoms with Crippen molar-refractivity contribution in [3.63, 3.8) is 0 Å². The molecular formula is C30H22O10. The molecule has 0 spiro atoms. The predicted octanol–water partition coefficient (Wildman–Crippen LogP) is 3.60. The number of hydrogen-bond acceptors (Lipinski definition) is 10. The van der Waals surface area contributed by atoms with Gasteiger partial charge in [0.1, 0.15) is 34.5 Å². The summed E-state index contributed by atoms with van der Waals surface area (Å²) in [6.07, 6.45) is 0. The zero-order chi connectivity index (χ0) is 29.4. The fourth-order valence-electron chi connectivity index (χ4n) is 3.21. The lowest BCUT2D eigenvalue weighted by Gasteiger charge is -2.07. The highest BCUT2D eigenvalue weighted by molar-refractivity contribution is 5.74. The van der Waals surface area contributed by atoms with Crippen LogP contribution in [0.2, 0.25) is 0 Å². The minimum absolute atomic E-state index is 0.0205. The molecule has 202 valence electrons. The van der Waals surface area contributed by atoms with E-state index in [2.05, 4.69) is 23.7 Å². The van der Waals surface area contributed by atoms with Gasteiger partial charge >= 0.3 is 23.9 Å². The third kappa shape index (κ3) is 8.13. The fraction of sp³-hybridized carbons (Fsp3) is 0.133. The van der Waals surface area contributed by atoms with Gasteiger partial charge < -0.3 is 29.2 Å². The maximum Gasteiger partial charge on any atom is 0.308 e. The van der Waals surface area contributed by atoms with Gasteiger partial charge in [0, 0.05) is 52.0 Å². The topological polar surface area (TPSA) is 146 Å². The van der Waals surface area contributed by atoms with Gasteiger partial charge in [-0.25, -0.2) is 0 Å². The van der Waals surface area contributed by atoms with Gasteiger partial charge in [-0.2, -0.15) is 0 Å². The van der Waals surface area contributed by atoms with E-state index in [1.807, 2.05) is 0 Å². The fourth-order valence-corrected chi connectivity index (χ4v) is 3.21. The van der Waals surface area contributed by atoms with E-state index >= 15 is 0 Å². The molecule has 3 aromatic rings. The molecule has 3 rings (SSSR count). The van der Waals surface area contributed by atoms with Gasteiger partial charge in [-0.3, -0.25) is 19.2 Å². The molecule has 0 bridgehead atoms. The average molecular weight is 542 g/mol. The van der Waals surface area contributed by atoms with Crippen molar-refractivity contribution in [1.82, 2.24) is 0 Å². The number of carbonyl (C=O) groups excluding carboxylic acids is 4. The third-order valence-electron chi connectivity index (χ3n) is 4.71. The van der Waals surface area contributed by atoms with Gasteiger partial charge in [0.15, 0.2) is 0 Å². The lowest BCUT2D eigenvalue weighted by Crippen LogP contribution is -2.05. The first-order valence-electron chi connectivity index (χ1n) is 11.5. The van der Waals surface area contributed by atoms with Crippen molar-refractivity contribution in [3.8, 4) is 58.2 Å². The second-order valence-corrected chi connectivity index (χ2v) is 8.08. The van der Waals surface area contributed by atoms with Crippen LogP contribution in [-0.2, 0) is 19.2 Å². The minimum Gasteiger partial charge on any atom is -0.507 e. The van der Waals surface area contributed by atoms with Crippen molar-refractivity contribution in [2.45, 2.75) is 27.7 Å². The van der Waals surface area contributed by atoms with Crippen molar-refractivity contribution in [1.29, 1.82) is 0 Å². The Morgan fingerprint density at radius 3 is 1.15 bits per heavy atom. The van der Waals surface area contributed by atoms with Crippen LogP contribution < -0.4 is 18.9 Å². The summed E-state index contributed by atoms with van der Waals surface area (Å²) in [5.41, 5.74) is 0.407. The quantitative estimate of drug-likeness (QED) is 0.217. The highest BCUT2D eigenvalue weighted by atomic mass is 16.5. The second-order valence-electron chi connectivity index (χ2n) is 8.08. The standard InChI is InChI=1S/C30H22O10/c1-17(31)37-25-9-11-29(39-19(3)33)23(13-25)7-5-21-15-28(36)22(16-27(21)35)6-8-24-14-26(38-18(2)32)10-12-30(24)40-20(4)34/h9-16,35-36H,1-4H3. The van der Waals surface area contributed by atoms with Crippen molar-refractivity contribution < 1.29 is 48.3 Å². The number of aromatic hydroxyl groups is 2. The van der Waals surface area contributed by atoms with Crippen LogP contribution in [0, 0.1) is 23.7 Å². The molecule has 40 heavy (non-hydrogen) atoms. The molecule has 0 radical (unpaired) electrons. The Hall–Kier alpha value is -5.74. The van der Waals surface area contributed by atoms with Crippen LogP contribution >= 0.6 is 0 Å². The summed E-state index contributed by atoms with van der Waals surface area (Å²) in [5.74, 6) is 8.37. The molecule has 0 amide bonds. The number of phenolic OH excluding ortho intramolecular Hbond substituents is 2. The second kappa shape index (κ2) is 12.7. The van der Waals surface area contributed by atoms with Crippen LogP contribution in [0.15, 0.2) is 48.5 Å². The molecule has 0 aliphatic heterocycles. The SMILES string of the molecule is CC(=O)Oc1ccc(OC(C)=O)c(C#Cc2cc(O)c(C#Cc3cc(OC(C)=O)ccc3OC(C)=O)cc2O)c1. The van der Waals surface area contributed by atoms with Crippen molar-refractivity contribution in [2.75, 3.05) is 0 Å². The zero-order valence-corrected chi connectivity index (χ0v) is 21.8. The first kappa shape index (κ1) is 28.8. The predicted molar refractivity (Wildman–Crippen MR) is 140 cm³/mol. The molecular weight excluding hydrogens is 520 g/mol. The number of benzene rings is 3. The summed E-state index contributed by atoms with van der Waals surface area (Å²) in [7, 11) is 0. The molecule has 3 aromatic carbocycles. The van der Waals surface area contributed by atoms with Crippen LogP contribution in [0.3, 0.4) is 0 Å². The summed E-state index contributed by atoms with van der Waals surface area (Å²) in [5, 5.41) is 21.1. The molecule has 2 N–H and O–H groups in total. The average Bonchev–Trinajstić information content (AvgIpc) is 2.84. The normalized spacial score (nSPS) is 9.70. The molecule has 0 aliphatic carbocycles. The van der Waals surface area contributed by atoms with E-state index in [9.17, 15) is 29.4 Å². The van der Waals surface area contributed by atoms with Crippen LogP contribution in [0.25, 0.3) is 0 Å². The van der Waals surface area contributed by atoms with E-state index in [1.54, 1.807) is 0 Å². The summed E-state index contributed by atoms with van der Waals surface area (Å²) in [6.45, 7) is 4.87. The highest BCUT2D eigenvalue weighted by Crippen LogP contribution is 2.29. The molecule has 0 saturated heterocycles. The van der Waals surface area contributed by atoms with Crippen LogP contribution in [0.1, 0.15) is 49.9 Å². The maximum absolute atomic E-state index is 11.5.